The van der Waals surface area contributed by atoms with Crippen molar-refractivity contribution in [3.05, 3.63) is 91.0 Å². The van der Waals surface area contributed by atoms with Gasteiger partial charge in [-0.05, 0) is 28.5 Å². The minimum absolute atomic E-state index is 0.770. The molecule has 158 valence electrons. The van der Waals surface area contributed by atoms with Crippen molar-refractivity contribution >= 4 is 32.6 Å². The van der Waals surface area contributed by atoms with Crippen LogP contribution in [0.1, 0.15) is 6.42 Å². The van der Waals surface area contributed by atoms with Crippen molar-refractivity contribution in [2.24, 2.45) is 0 Å². The average molecular weight is 438 g/mol. The lowest BCUT2D eigenvalue weighted by Gasteiger charge is -2.35. The van der Waals surface area contributed by atoms with E-state index in [2.05, 4.69) is 96.0 Å². The van der Waals surface area contributed by atoms with Gasteiger partial charge >= 0.3 is 8.80 Å². The molecule has 3 rings (SSSR count). The minimum atomic E-state index is -2.58. The number of nitrogens with one attached hydrogen (secondary N) is 1. The fourth-order valence-electron chi connectivity index (χ4n) is 4.01. The topological polar surface area (TPSA) is 39.7 Å². The van der Waals surface area contributed by atoms with E-state index >= 15 is 0 Å². The van der Waals surface area contributed by atoms with Gasteiger partial charge in [0.05, 0.1) is 0 Å². The summed E-state index contributed by atoms with van der Waals surface area (Å²) in [5.41, 5.74) is 0. The summed E-state index contributed by atoms with van der Waals surface area (Å²) in [4.78, 5) is 4.02. The summed E-state index contributed by atoms with van der Waals surface area (Å²) in [6, 6.07) is 33.3. The Bertz CT molecular complexity index is 770. The molecule has 0 atom stereocenters. The molecule has 0 radical (unpaired) electrons. The first-order valence-corrected chi connectivity index (χ1v) is 14.2. The molecular weight excluding hydrogens is 406 g/mol. The Balaban J connectivity index is 1.97. The lowest BCUT2D eigenvalue weighted by atomic mass is 10.3. The molecule has 0 aliphatic rings. The zero-order valence-electron chi connectivity index (χ0n) is 18.0. The molecule has 1 N–H and O–H groups in total. The molecule has 4 nitrogen and oxygen atoms in total. The van der Waals surface area contributed by atoms with E-state index in [1.54, 1.807) is 21.3 Å². The number of benzene rings is 3. The van der Waals surface area contributed by atoms with Crippen LogP contribution in [0.2, 0.25) is 6.04 Å². The molecule has 0 spiro atoms. The van der Waals surface area contributed by atoms with Crippen molar-refractivity contribution in [2.75, 3.05) is 27.9 Å². The molecule has 0 unspecified atom stereocenters. The second-order valence-electron chi connectivity index (χ2n) is 7.17. The first kappa shape index (κ1) is 22.6. The first-order chi connectivity index (χ1) is 14.7. The molecule has 0 aliphatic heterocycles. The molecule has 0 amide bonds. The maximum Gasteiger partial charge on any atom is 0.500 e. The van der Waals surface area contributed by atoms with Crippen molar-refractivity contribution in [1.82, 2.24) is 4.98 Å². The van der Waals surface area contributed by atoms with Gasteiger partial charge in [-0.1, -0.05) is 91.0 Å². The number of hydrogen-bond donors (Lipinski definition) is 1. The van der Waals surface area contributed by atoms with Crippen LogP contribution < -0.4 is 20.5 Å². The van der Waals surface area contributed by atoms with Gasteiger partial charge in [-0.3, -0.25) is 0 Å². The minimum Gasteiger partial charge on any atom is -0.377 e. The van der Waals surface area contributed by atoms with Crippen molar-refractivity contribution in [3.63, 3.8) is 0 Å². The fraction of sp³-hybridized carbons (Fsp3) is 0.250. The maximum atomic E-state index is 5.60. The van der Waals surface area contributed by atoms with E-state index in [1.807, 2.05) is 0 Å². The third-order valence-corrected chi connectivity index (χ3v) is 12.8. The van der Waals surface area contributed by atoms with Crippen LogP contribution in [0.25, 0.3) is 0 Å². The quantitative estimate of drug-likeness (QED) is 0.284. The highest BCUT2D eigenvalue weighted by Gasteiger charge is 2.40. The van der Waals surface area contributed by atoms with Gasteiger partial charge in [0.15, 0.2) is 0 Å². The Hall–Kier alpha value is -2.07. The van der Waals surface area contributed by atoms with Crippen LogP contribution in [-0.2, 0) is 13.3 Å². The van der Waals surface area contributed by atoms with Gasteiger partial charge in [0.1, 0.15) is 0 Å². The fourth-order valence-corrected chi connectivity index (χ4v) is 9.97. The third-order valence-electron chi connectivity index (χ3n) is 5.60. The molecule has 0 saturated heterocycles. The predicted octanol–water partition coefficient (Wildman–Crippen LogP) is 2.51. The molecule has 0 saturated carbocycles. The standard InChI is InChI=1S/C24H31NO3Si2/c1-26-29(27-2,28-3)21-13-20-25-30(22-14-7-4-8-15-22,23-16-9-5-10-17-23)24-18-11-6-12-19-24/h4-12,14-19,25H,13,20-21H2,1-3H3. The molecule has 0 heterocycles. The highest BCUT2D eigenvalue weighted by molar-refractivity contribution is 7.09. The van der Waals surface area contributed by atoms with Crippen LogP contribution in [-0.4, -0.2) is 44.9 Å². The molecule has 0 aromatic heterocycles. The van der Waals surface area contributed by atoms with E-state index in [0.717, 1.165) is 19.0 Å². The van der Waals surface area contributed by atoms with Crippen molar-refractivity contribution < 1.29 is 13.3 Å². The summed E-state index contributed by atoms with van der Waals surface area (Å²) in [5.74, 6) is 0. The Morgan fingerprint density at radius 1 is 0.600 bits per heavy atom. The third kappa shape index (κ3) is 4.80. The normalized spacial score (nSPS) is 12.1. The molecule has 3 aromatic rings. The van der Waals surface area contributed by atoms with Crippen molar-refractivity contribution in [1.29, 1.82) is 0 Å². The van der Waals surface area contributed by atoms with Gasteiger partial charge in [0.25, 0.3) is 0 Å². The largest absolute Gasteiger partial charge is 0.500 e. The maximum absolute atomic E-state index is 5.60. The van der Waals surface area contributed by atoms with E-state index in [9.17, 15) is 0 Å². The second kappa shape index (κ2) is 10.8. The lowest BCUT2D eigenvalue weighted by Crippen LogP contribution is -2.76. The lowest BCUT2D eigenvalue weighted by molar-refractivity contribution is 0.123. The van der Waals surface area contributed by atoms with E-state index in [4.69, 9.17) is 13.3 Å². The van der Waals surface area contributed by atoms with Gasteiger partial charge in [-0.25, -0.2) is 0 Å². The van der Waals surface area contributed by atoms with Crippen LogP contribution in [0.4, 0.5) is 0 Å². The summed E-state index contributed by atoms with van der Waals surface area (Å²) in [7, 11) is 0.0268. The number of rotatable bonds is 11. The zero-order valence-corrected chi connectivity index (χ0v) is 20.0. The summed E-state index contributed by atoms with van der Waals surface area (Å²) in [5, 5.41) is 4.03. The highest BCUT2D eigenvalue weighted by atomic mass is 28.4. The van der Waals surface area contributed by atoms with Gasteiger partial charge in [-0.15, -0.1) is 0 Å². The zero-order chi connectivity index (χ0) is 21.3. The molecule has 0 aliphatic carbocycles. The first-order valence-electron chi connectivity index (χ1n) is 10.3. The molecule has 6 heteroatoms. The molecular formula is C24H31NO3Si2. The Morgan fingerprint density at radius 2 is 0.967 bits per heavy atom. The van der Waals surface area contributed by atoms with Crippen molar-refractivity contribution in [3.8, 4) is 0 Å². The average Bonchev–Trinajstić information content (AvgIpc) is 2.84. The Labute approximate surface area is 182 Å². The summed E-state index contributed by atoms with van der Waals surface area (Å²) < 4.78 is 16.8. The highest BCUT2D eigenvalue weighted by Crippen LogP contribution is 2.15. The van der Waals surface area contributed by atoms with Crippen LogP contribution in [0.3, 0.4) is 0 Å². The predicted molar refractivity (Wildman–Crippen MR) is 128 cm³/mol. The summed E-state index contributed by atoms with van der Waals surface area (Å²) in [6.45, 7) is 0.843. The summed E-state index contributed by atoms with van der Waals surface area (Å²) in [6.07, 6.45) is 0.906. The van der Waals surface area contributed by atoms with Gasteiger partial charge in [0, 0.05) is 27.4 Å². The summed E-state index contributed by atoms with van der Waals surface area (Å²) >= 11 is 0. The second-order valence-corrected chi connectivity index (χ2v) is 13.9. The smallest absolute Gasteiger partial charge is 0.377 e. The number of hydrogen-bond acceptors (Lipinski definition) is 4. The molecule has 0 fully saturated rings. The van der Waals surface area contributed by atoms with E-state index in [-0.39, 0.29) is 0 Å². The Morgan fingerprint density at radius 3 is 1.30 bits per heavy atom. The van der Waals surface area contributed by atoms with Crippen LogP contribution in [0.15, 0.2) is 91.0 Å². The molecule has 3 aromatic carbocycles. The monoisotopic (exact) mass is 437 g/mol. The Kier molecular flexibility index (Phi) is 8.15. The van der Waals surface area contributed by atoms with Gasteiger partial charge < -0.3 is 18.3 Å². The SMILES string of the molecule is CO[Si](CCCN[Si](c1ccccc1)(c1ccccc1)c1ccccc1)(OC)OC. The van der Waals surface area contributed by atoms with Crippen LogP contribution in [0.5, 0.6) is 0 Å². The molecule has 0 bridgehead atoms. The van der Waals surface area contributed by atoms with Gasteiger partial charge in [0.2, 0.25) is 8.24 Å². The van der Waals surface area contributed by atoms with E-state index in [1.165, 1.54) is 15.6 Å². The van der Waals surface area contributed by atoms with E-state index < -0.39 is 17.0 Å². The van der Waals surface area contributed by atoms with Gasteiger partial charge in [-0.2, -0.15) is 0 Å². The molecule has 30 heavy (non-hydrogen) atoms. The van der Waals surface area contributed by atoms with Crippen molar-refractivity contribution in [2.45, 2.75) is 12.5 Å². The van der Waals surface area contributed by atoms with Crippen LogP contribution in [0, 0.1) is 0 Å². The van der Waals surface area contributed by atoms with E-state index in [0.29, 0.717) is 0 Å². The van der Waals surface area contributed by atoms with Crippen LogP contribution >= 0.6 is 0 Å².